The van der Waals surface area contributed by atoms with Gasteiger partial charge in [0, 0.05) is 86.6 Å². The van der Waals surface area contributed by atoms with E-state index in [1.165, 1.54) is 18.0 Å². The van der Waals surface area contributed by atoms with Crippen LogP contribution in [0.1, 0.15) is 64.1 Å². The summed E-state index contributed by atoms with van der Waals surface area (Å²) in [5.74, 6) is -1.20. The summed E-state index contributed by atoms with van der Waals surface area (Å²) in [6.45, 7) is 4.90. The molecule has 0 radical (unpaired) electrons. The van der Waals surface area contributed by atoms with Crippen LogP contribution in [-0.2, 0) is 20.7 Å². The van der Waals surface area contributed by atoms with Crippen molar-refractivity contribution in [2.45, 2.75) is 66.6 Å². The van der Waals surface area contributed by atoms with Crippen LogP contribution in [0.4, 0.5) is 11.4 Å². The molecule has 15 heteroatoms. The number of ether oxygens (including phenoxy) is 2. The predicted molar refractivity (Wildman–Crippen MR) is 184 cm³/mol. The van der Waals surface area contributed by atoms with E-state index in [0.29, 0.717) is 18.6 Å². The molecule has 5 heterocycles. The number of hydrogen-bond acceptors (Lipinski definition) is 12. The quantitative estimate of drug-likeness (QED) is 0.110. The van der Waals surface area contributed by atoms with Crippen molar-refractivity contribution >= 4 is 46.8 Å². The maximum absolute atomic E-state index is 13.2. The molecule has 8 rings (SSSR count). The number of amides is 4. The van der Waals surface area contributed by atoms with Crippen molar-refractivity contribution in [1.82, 2.24) is 20.1 Å². The monoisotopic (exact) mass is 712 g/mol. The van der Waals surface area contributed by atoms with Gasteiger partial charge in [0.05, 0.1) is 27.8 Å². The Balaban J connectivity index is 0.747. The smallest absolute Gasteiger partial charge is 0.288 e. The van der Waals surface area contributed by atoms with Crippen LogP contribution in [0.3, 0.4) is 0 Å². The molecule has 1 aliphatic carbocycles. The Hall–Kier alpha value is -4.86. The number of pyridine rings is 1. The fourth-order valence-electron chi connectivity index (χ4n) is 7.30. The Kier molecular flexibility index (Phi) is 8.94. The third kappa shape index (κ3) is 6.68. The molecule has 1 aromatic heterocycles. The van der Waals surface area contributed by atoms with E-state index in [9.17, 15) is 29.3 Å². The van der Waals surface area contributed by atoms with Gasteiger partial charge in [-0.05, 0) is 48.7 Å². The van der Waals surface area contributed by atoms with E-state index in [1.807, 2.05) is 24.3 Å². The van der Waals surface area contributed by atoms with Crippen LogP contribution in [0, 0.1) is 10.1 Å². The van der Waals surface area contributed by atoms with E-state index in [2.05, 4.69) is 20.1 Å². The van der Waals surface area contributed by atoms with Crippen LogP contribution in [0.25, 0.3) is 0 Å². The molecule has 3 fully saturated rings. The number of nitrogens with one attached hydrogen (secondary N) is 1. The van der Waals surface area contributed by atoms with Crippen LogP contribution in [0.15, 0.2) is 58.5 Å². The summed E-state index contributed by atoms with van der Waals surface area (Å²) < 4.78 is 12.4. The zero-order valence-electron chi connectivity index (χ0n) is 27.7. The summed E-state index contributed by atoms with van der Waals surface area (Å²) >= 11 is 1.49. The van der Waals surface area contributed by atoms with Gasteiger partial charge in [0.2, 0.25) is 11.8 Å². The number of nitrogens with zero attached hydrogens (tertiary/aromatic N) is 5. The molecular weight excluding hydrogens is 676 g/mol. The molecule has 0 bridgehead atoms. The molecular formula is C36H36N6O8S. The van der Waals surface area contributed by atoms with Gasteiger partial charge in [-0.3, -0.25) is 49.4 Å². The van der Waals surface area contributed by atoms with E-state index in [4.69, 9.17) is 9.47 Å². The Bertz CT molecular complexity index is 1940. The lowest BCUT2D eigenvalue weighted by Crippen LogP contribution is -2.54. The average molecular weight is 713 g/mol. The third-order valence-electron chi connectivity index (χ3n) is 10.2. The van der Waals surface area contributed by atoms with Gasteiger partial charge in [0.15, 0.2) is 0 Å². The van der Waals surface area contributed by atoms with E-state index in [1.54, 1.807) is 18.2 Å². The molecule has 1 N–H and O–H groups in total. The summed E-state index contributed by atoms with van der Waals surface area (Å²) in [5, 5.41) is 13.4. The van der Waals surface area contributed by atoms with Crippen molar-refractivity contribution in [3.63, 3.8) is 0 Å². The number of imide groups is 2. The van der Waals surface area contributed by atoms with Crippen LogP contribution in [0.5, 0.6) is 5.75 Å². The first-order chi connectivity index (χ1) is 24.7. The number of anilines is 1. The van der Waals surface area contributed by atoms with Gasteiger partial charge in [0.25, 0.3) is 17.5 Å². The number of carbonyl (C=O) groups excluding carboxylic acids is 4. The van der Waals surface area contributed by atoms with E-state index < -0.39 is 34.6 Å². The zero-order valence-corrected chi connectivity index (χ0v) is 28.6. The van der Waals surface area contributed by atoms with Crippen molar-refractivity contribution in [3.05, 3.63) is 81.2 Å². The number of piperazine rings is 1. The molecule has 3 aromatic rings. The Labute approximate surface area is 297 Å². The minimum atomic E-state index is -0.973. The molecule has 51 heavy (non-hydrogen) atoms. The number of piperidine rings is 1. The number of nitro groups is 1. The van der Waals surface area contributed by atoms with Gasteiger partial charge in [-0.1, -0.05) is 17.8 Å². The molecule has 2 saturated heterocycles. The lowest BCUT2D eigenvalue weighted by atomic mass is 9.92. The van der Waals surface area contributed by atoms with Gasteiger partial charge in [0.1, 0.15) is 24.1 Å². The predicted octanol–water partition coefficient (Wildman–Crippen LogP) is 3.59. The standard InChI is InChI=1S/C36H36N6O8S/c43-33-7-6-30(34(44)38-33)41-35(45)27-5-3-22(15-28(27)36(41)46)40-11-9-39(10-12-40)8-1-13-49-25-17-26(18-25)50-24-4-2-21-14-29-32(51-31(21)19-24)16-23(20-37-29)42(47)48/h2-5,15-16,19-20,25-26,30H,1,6-14,17-18H2,(H,38,43,44). The number of rotatable bonds is 10. The van der Waals surface area contributed by atoms with Crippen molar-refractivity contribution < 1.29 is 33.6 Å². The molecule has 14 nitrogen and oxygen atoms in total. The zero-order chi connectivity index (χ0) is 35.2. The van der Waals surface area contributed by atoms with Crippen LogP contribution in [0.2, 0.25) is 0 Å². The number of hydrogen-bond donors (Lipinski definition) is 1. The lowest BCUT2D eigenvalue weighted by Gasteiger charge is -2.37. The Morgan fingerprint density at radius 2 is 1.75 bits per heavy atom. The second kappa shape index (κ2) is 13.7. The summed E-state index contributed by atoms with van der Waals surface area (Å²) in [6, 6.07) is 11.9. The molecule has 1 saturated carbocycles. The minimum Gasteiger partial charge on any atom is -0.490 e. The highest BCUT2D eigenvalue weighted by atomic mass is 32.2. The van der Waals surface area contributed by atoms with Crippen molar-refractivity contribution in [2.24, 2.45) is 0 Å². The third-order valence-corrected chi connectivity index (χ3v) is 11.4. The van der Waals surface area contributed by atoms with Crippen molar-refractivity contribution in [3.8, 4) is 5.75 Å². The molecule has 0 spiro atoms. The number of fused-ring (bicyclic) bond motifs is 3. The summed E-state index contributed by atoms with van der Waals surface area (Å²) in [4.78, 5) is 72.7. The molecule has 1 unspecified atom stereocenters. The van der Waals surface area contributed by atoms with Gasteiger partial charge in [-0.25, -0.2) is 0 Å². The summed E-state index contributed by atoms with van der Waals surface area (Å²) in [6.07, 6.45) is 5.04. The SMILES string of the molecule is O=C1CCC(N2C(=O)c3ccc(N4CCN(CCCOC5CC(Oc6ccc7c(c6)Sc6cc([N+](=O)[O-])cnc6C7)C5)CC4)cc3C2=O)C(=O)N1. The Morgan fingerprint density at radius 1 is 0.941 bits per heavy atom. The first kappa shape index (κ1) is 33.3. The first-order valence-electron chi connectivity index (χ1n) is 17.3. The van der Waals surface area contributed by atoms with Crippen molar-refractivity contribution in [2.75, 3.05) is 44.2 Å². The molecule has 264 valence electrons. The maximum Gasteiger partial charge on any atom is 0.288 e. The second-order valence-corrected chi connectivity index (χ2v) is 14.6. The highest BCUT2D eigenvalue weighted by molar-refractivity contribution is 7.99. The van der Waals surface area contributed by atoms with E-state index >= 15 is 0 Å². The Morgan fingerprint density at radius 3 is 2.53 bits per heavy atom. The fourth-order valence-corrected chi connectivity index (χ4v) is 8.40. The van der Waals surface area contributed by atoms with Crippen LogP contribution < -0.4 is 15.0 Å². The molecule has 4 aliphatic heterocycles. The summed E-state index contributed by atoms with van der Waals surface area (Å²) in [5.41, 5.74) is 3.43. The maximum atomic E-state index is 13.2. The van der Waals surface area contributed by atoms with E-state index in [-0.39, 0.29) is 36.3 Å². The van der Waals surface area contributed by atoms with Gasteiger partial charge in [-0.15, -0.1) is 0 Å². The highest BCUT2D eigenvalue weighted by Gasteiger charge is 2.45. The molecule has 1 atom stereocenters. The lowest BCUT2D eigenvalue weighted by molar-refractivity contribution is -0.385. The molecule has 2 aromatic carbocycles. The second-order valence-electron chi connectivity index (χ2n) is 13.5. The van der Waals surface area contributed by atoms with E-state index in [0.717, 1.165) is 89.4 Å². The minimum absolute atomic E-state index is 0.00469. The van der Waals surface area contributed by atoms with Gasteiger partial charge in [-0.2, -0.15) is 0 Å². The van der Waals surface area contributed by atoms with Crippen LogP contribution in [-0.4, -0.2) is 101 Å². The van der Waals surface area contributed by atoms with Crippen molar-refractivity contribution in [1.29, 1.82) is 0 Å². The first-order valence-corrected chi connectivity index (χ1v) is 18.1. The largest absolute Gasteiger partial charge is 0.490 e. The average Bonchev–Trinajstić information content (AvgIpc) is 3.35. The highest BCUT2D eigenvalue weighted by Crippen LogP contribution is 2.42. The number of aromatic nitrogens is 1. The molecule has 4 amide bonds. The number of carbonyl (C=O) groups is 4. The normalized spacial score (nSPS) is 22.9. The summed E-state index contributed by atoms with van der Waals surface area (Å²) in [7, 11) is 0. The topological polar surface area (TPSA) is 165 Å². The van der Waals surface area contributed by atoms with Gasteiger partial charge < -0.3 is 14.4 Å². The van der Waals surface area contributed by atoms with Gasteiger partial charge >= 0.3 is 0 Å². The number of benzene rings is 2. The molecule has 5 aliphatic rings. The fraction of sp³-hybridized carbons (Fsp3) is 0.417. The van der Waals surface area contributed by atoms with Crippen LogP contribution >= 0.6 is 11.8 Å².